The number of ether oxygens (including phenoxy) is 1. The Bertz CT molecular complexity index is 773. The van der Waals surface area contributed by atoms with Crippen LogP contribution in [0.4, 0.5) is 0 Å². The van der Waals surface area contributed by atoms with Gasteiger partial charge < -0.3 is 19.3 Å². The highest BCUT2D eigenvalue weighted by Crippen LogP contribution is 2.32. The summed E-state index contributed by atoms with van der Waals surface area (Å²) in [4.78, 5) is 14.5. The molecule has 1 aliphatic carbocycles. The van der Waals surface area contributed by atoms with Crippen molar-refractivity contribution in [3.8, 4) is 17.4 Å². The Labute approximate surface area is 153 Å². The molecule has 1 aromatic carbocycles. The van der Waals surface area contributed by atoms with Gasteiger partial charge in [0, 0.05) is 24.6 Å². The first kappa shape index (κ1) is 18.2. The van der Waals surface area contributed by atoms with Crippen LogP contribution in [0, 0.1) is 5.41 Å². The van der Waals surface area contributed by atoms with Crippen molar-refractivity contribution in [3.05, 3.63) is 30.0 Å². The molecule has 1 amide bonds. The van der Waals surface area contributed by atoms with Gasteiger partial charge in [-0.1, -0.05) is 20.8 Å². The Morgan fingerprint density at radius 2 is 2.00 bits per heavy atom. The van der Waals surface area contributed by atoms with Crippen molar-refractivity contribution in [3.63, 3.8) is 0 Å². The number of nitrogens with zero attached hydrogens (tertiary/aromatic N) is 3. The van der Waals surface area contributed by atoms with E-state index in [9.17, 15) is 9.90 Å². The number of benzene rings is 1. The van der Waals surface area contributed by atoms with Crippen LogP contribution in [0.2, 0.25) is 0 Å². The highest BCUT2D eigenvalue weighted by molar-refractivity contribution is 5.77. The Balaban J connectivity index is 1.86. The van der Waals surface area contributed by atoms with E-state index in [4.69, 9.17) is 9.26 Å². The average molecular weight is 359 g/mol. The predicted molar refractivity (Wildman–Crippen MR) is 91.7 cm³/mol. The molecule has 0 aliphatic heterocycles. The third-order valence-corrected chi connectivity index (χ3v) is 4.32. The molecule has 7 nitrogen and oxygen atoms in total. The van der Waals surface area contributed by atoms with E-state index in [1.165, 1.54) is 4.68 Å². The molecule has 0 N–H and O–H groups in total. The van der Waals surface area contributed by atoms with Gasteiger partial charge in [-0.25, -0.2) is 0 Å². The van der Waals surface area contributed by atoms with Crippen LogP contribution in [0.3, 0.4) is 0 Å². The van der Waals surface area contributed by atoms with Crippen molar-refractivity contribution < 1.29 is 23.8 Å². The molecule has 1 aliphatic rings. The molecule has 0 radical (unpaired) electrons. The normalized spacial score (nSPS) is 14.3. The summed E-state index contributed by atoms with van der Waals surface area (Å²) in [6.45, 7) is 6.30. The van der Waals surface area contributed by atoms with Gasteiger partial charge in [-0.15, -0.1) is 0 Å². The van der Waals surface area contributed by atoms with E-state index in [2.05, 4.69) is 5.27 Å². The van der Waals surface area contributed by atoms with Crippen LogP contribution in [0.15, 0.2) is 28.8 Å². The van der Waals surface area contributed by atoms with Gasteiger partial charge >= 0.3 is 0 Å². The van der Waals surface area contributed by atoms with Crippen LogP contribution in [0.1, 0.15) is 45.7 Å². The van der Waals surface area contributed by atoms with Crippen molar-refractivity contribution in [2.24, 2.45) is 5.41 Å². The molecular formula is C19H25N3O4. The van der Waals surface area contributed by atoms with Gasteiger partial charge in [0.15, 0.2) is 5.95 Å². The molecule has 1 heterocycles. The number of rotatable bonds is 6. The maximum Gasteiger partial charge on any atom is 0.259 e. The van der Waals surface area contributed by atoms with Crippen LogP contribution in [-0.2, 0) is 11.3 Å². The molecule has 1 saturated carbocycles. The quantitative estimate of drug-likeness (QED) is 0.737. The second kappa shape index (κ2) is 6.97. The highest BCUT2D eigenvalue weighted by atomic mass is 16.6. The smallest absolute Gasteiger partial charge is 0.259 e. The number of hydrogen-bond acceptors (Lipinski definition) is 5. The Kier molecular flexibility index (Phi) is 4.89. The lowest BCUT2D eigenvalue weighted by atomic mass is 9.91. The standard InChI is InChI=1S/C19H25N3O4/c1-19(2,3)11-17(23)21(13-5-6-13)12-16-18(24)26-20-22(16)14-7-9-15(25-4)10-8-14/h7-10,13H,5-6,11-12H2,1-4H3. The summed E-state index contributed by atoms with van der Waals surface area (Å²) in [5, 5.41) is 16.1. The number of aromatic nitrogens is 2. The first-order valence-corrected chi connectivity index (χ1v) is 8.80. The molecule has 3 rings (SSSR count). The average Bonchev–Trinajstić information content (AvgIpc) is 3.35. The molecule has 2 aromatic rings. The van der Waals surface area contributed by atoms with Crippen LogP contribution in [0.25, 0.3) is 5.69 Å². The number of amides is 1. The lowest BCUT2D eigenvalue weighted by Crippen LogP contribution is -2.42. The van der Waals surface area contributed by atoms with Gasteiger partial charge in [0.25, 0.3) is 5.69 Å². The van der Waals surface area contributed by atoms with Crippen LogP contribution in [-0.4, -0.2) is 29.2 Å². The van der Waals surface area contributed by atoms with Crippen LogP contribution < -0.4 is 14.5 Å². The van der Waals surface area contributed by atoms with Gasteiger partial charge in [-0.05, 0) is 35.1 Å². The molecular weight excluding hydrogens is 334 g/mol. The third kappa shape index (κ3) is 4.15. The van der Waals surface area contributed by atoms with Crippen molar-refractivity contribution in [2.45, 2.75) is 52.6 Å². The van der Waals surface area contributed by atoms with E-state index >= 15 is 0 Å². The van der Waals surface area contributed by atoms with E-state index in [0.717, 1.165) is 12.8 Å². The summed E-state index contributed by atoms with van der Waals surface area (Å²) in [5.41, 5.74) is 0.931. The lowest BCUT2D eigenvalue weighted by molar-refractivity contribution is -0.678. The van der Waals surface area contributed by atoms with Gasteiger partial charge in [0.1, 0.15) is 12.3 Å². The fourth-order valence-electron chi connectivity index (χ4n) is 2.85. The van der Waals surface area contributed by atoms with Gasteiger partial charge in [0.2, 0.25) is 11.6 Å². The van der Waals surface area contributed by atoms with Crippen LogP contribution >= 0.6 is 0 Å². The topological polar surface area (TPSA) is 82.5 Å². The molecule has 0 saturated heterocycles. The number of methoxy groups -OCH3 is 1. The summed E-state index contributed by atoms with van der Waals surface area (Å²) >= 11 is 0. The minimum Gasteiger partial charge on any atom is -0.539 e. The summed E-state index contributed by atoms with van der Waals surface area (Å²) in [7, 11) is 1.59. The monoisotopic (exact) mass is 359 g/mol. The van der Waals surface area contributed by atoms with Gasteiger partial charge in [-0.3, -0.25) is 4.79 Å². The molecule has 140 valence electrons. The molecule has 7 heteroatoms. The van der Waals surface area contributed by atoms with E-state index in [1.54, 1.807) is 36.3 Å². The molecule has 0 atom stereocenters. The van der Waals surface area contributed by atoms with Gasteiger partial charge in [-0.2, -0.15) is 0 Å². The maximum atomic E-state index is 12.8. The number of hydrogen-bond donors (Lipinski definition) is 0. The second-order valence-electron chi connectivity index (χ2n) is 7.91. The zero-order chi connectivity index (χ0) is 18.9. The third-order valence-electron chi connectivity index (χ3n) is 4.32. The zero-order valence-corrected chi connectivity index (χ0v) is 15.7. The highest BCUT2D eigenvalue weighted by Gasteiger charge is 2.37. The van der Waals surface area contributed by atoms with Crippen molar-refractivity contribution in [1.82, 2.24) is 10.2 Å². The lowest BCUT2D eigenvalue weighted by Gasteiger charge is -2.25. The minimum atomic E-state index is -0.518. The first-order valence-electron chi connectivity index (χ1n) is 8.80. The molecule has 0 unspecified atom stereocenters. The van der Waals surface area contributed by atoms with E-state index in [1.807, 2.05) is 20.8 Å². The van der Waals surface area contributed by atoms with E-state index < -0.39 is 5.95 Å². The molecule has 26 heavy (non-hydrogen) atoms. The van der Waals surface area contributed by atoms with Crippen molar-refractivity contribution in [1.29, 1.82) is 0 Å². The molecule has 0 spiro atoms. The predicted octanol–water partition coefficient (Wildman–Crippen LogP) is 1.96. The summed E-state index contributed by atoms with van der Waals surface area (Å²) in [6, 6.07) is 7.36. The first-order chi connectivity index (χ1) is 12.3. The zero-order valence-electron chi connectivity index (χ0n) is 15.7. The molecule has 1 fully saturated rings. The summed E-state index contributed by atoms with van der Waals surface area (Å²) in [6.07, 6.45) is 2.38. The largest absolute Gasteiger partial charge is 0.539 e. The SMILES string of the molecule is COc1ccc(-[n+]2noc([O-])c2CN(C(=O)CC(C)(C)C)C2CC2)cc1. The number of carbonyl (C=O) groups is 1. The number of carbonyl (C=O) groups excluding carboxylic acids is 1. The second-order valence-corrected chi connectivity index (χ2v) is 7.91. The summed E-state index contributed by atoms with van der Waals surface area (Å²) in [5.74, 6) is 0.249. The van der Waals surface area contributed by atoms with Crippen molar-refractivity contribution in [2.75, 3.05) is 7.11 Å². The fourth-order valence-corrected chi connectivity index (χ4v) is 2.85. The van der Waals surface area contributed by atoms with Crippen molar-refractivity contribution >= 4 is 5.91 Å². The Morgan fingerprint density at radius 3 is 2.54 bits per heavy atom. The Morgan fingerprint density at radius 1 is 1.35 bits per heavy atom. The fraction of sp³-hybridized carbons (Fsp3) is 0.526. The molecule has 0 bridgehead atoms. The Hall–Kier alpha value is -2.57. The molecule has 1 aromatic heterocycles. The maximum absolute atomic E-state index is 12.8. The van der Waals surface area contributed by atoms with Gasteiger partial charge in [0.05, 0.1) is 12.4 Å². The van der Waals surface area contributed by atoms with E-state index in [-0.39, 0.29) is 23.9 Å². The van der Waals surface area contributed by atoms with E-state index in [0.29, 0.717) is 23.6 Å². The summed E-state index contributed by atoms with van der Waals surface area (Å²) < 4.78 is 11.5. The van der Waals surface area contributed by atoms with Crippen LogP contribution in [0.5, 0.6) is 11.7 Å². The minimum absolute atomic E-state index is 0.0573.